The molecule has 0 amide bonds. The molecule has 4 heteroatoms. The fraction of sp³-hybridized carbons (Fsp3) is 1.00. The third-order valence-corrected chi connectivity index (χ3v) is 3.62. The van der Waals surface area contributed by atoms with Crippen LogP contribution in [-0.4, -0.2) is 33.0 Å². The first-order valence-electron chi connectivity index (χ1n) is 5.42. The van der Waals surface area contributed by atoms with E-state index < -0.39 is 9.84 Å². The van der Waals surface area contributed by atoms with Crippen LogP contribution < -0.4 is 5.32 Å². The van der Waals surface area contributed by atoms with Crippen molar-refractivity contribution in [1.82, 2.24) is 5.32 Å². The van der Waals surface area contributed by atoms with Gasteiger partial charge in [-0.2, -0.15) is 0 Å². The van der Waals surface area contributed by atoms with Gasteiger partial charge in [0.25, 0.3) is 0 Å². The van der Waals surface area contributed by atoms with Crippen LogP contribution in [0.25, 0.3) is 0 Å². The zero-order chi connectivity index (χ0) is 10.6. The summed E-state index contributed by atoms with van der Waals surface area (Å²) >= 11 is 0. The molecule has 84 valence electrons. The van der Waals surface area contributed by atoms with Gasteiger partial charge in [0, 0.05) is 12.3 Å². The van der Waals surface area contributed by atoms with Crippen molar-refractivity contribution in [3.63, 3.8) is 0 Å². The fourth-order valence-electron chi connectivity index (χ4n) is 1.74. The SMILES string of the molecule is CCNC(CCC1CC1)CS(C)(=O)=O. The summed E-state index contributed by atoms with van der Waals surface area (Å²) in [6.45, 7) is 2.87. The average Bonchev–Trinajstić information content (AvgIpc) is 2.80. The van der Waals surface area contributed by atoms with E-state index in [1.54, 1.807) is 0 Å². The molecule has 3 nitrogen and oxygen atoms in total. The van der Waals surface area contributed by atoms with Crippen LogP contribution in [0.15, 0.2) is 0 Å². The lowest BCUT2D eigenvalue weighted by Gasteiger charge is -2.16. The van der Waals surface area contributed by atoms with Gasteiger partial charge in [-0.1, -0.05) is 19.8 Å². The van der Waals surface area contributed by atoms with Crippen molar-refractivity contribution in [3.05, 3.63) is 0 Å². The van der Waals surface area contributed by atoms with E-state index in [1.165, 1.54) is 25.5 Å². The maximum atomic E-state index is 11.1. The molecule has 0 heterocycles. The summed E-state index contributed by atoms with van der Waals surface area (Å²) in [6, 6.07) is 0.163. The van der Waals surface area contributed by atoms with Crippen LogP contribution >= 0.6 is 0 Å². The summed E-state index contributed by atoms with van der Waals surface area (Å²) < 4.78 is 22.3. The summed E-state index contributed by atoms with van der Waals surface area (Å²) in [4.78, 5) is 0. The highest BCUT2D eigenvalue weighted by atomic mass is 32.2. The van der Waals surface area contributed by atoms with Crippen molar-refractivity contribution in [2.45, 2.75) is 38.6 Å². The molecule has 0 bridgehead atoms. The molecule has 1 saturated carbocycles. The molecule has 0 spiro atoms. The molecule has 0 aliphatic heterocycles. The van der Waals surface area contributed by atoms with Crippen molar-refractivity contribution in [2.24, 2.45) is 5.92 Å². The van der Waals surface area contributed by atoms with E-state index in [0.29, 0.717) is 0 Å². The van der Waals surface area contributed by atoms with Crippen molar-refractivity contribution < 1.29 is 8.42 Å². The summed E-state index contributed by atoms with van der Waals surface area (Å²) in [6.07, 6.45) is 6.20. The van der Waals surface area contributed by atoms with Crippen LogP contribution in [0.3, 0.4) is 0 Å². The summed E-state index contributed by atoms with van der Waals surface area (Å²) in [7, 11) is -2.84. The first-order chi connectivity index (χ1) is 6.51. The predicted octanol–water partition coefficient (Wildman–Crippen LogP) is 1.20. The zero-order valence-electron chi connectivity index (χ0n) is 9.12. The molecule has 0 radical (unpaired) electrons. The minimum Gasteiger partial charge on any atom is -0.313 e. The Bertz CT molecular complexity index is 257. The molecule has 1 unspecified atom stereocenters. The number of nitrogens with one attached hydrogen (secondary N) is 1. The van der Waals surface area contributed by atoms with Crippen LogP contribution in [0.2, 0.25) is 0 Å². The third kappa shape index (κ3) is 5.60. The molecular formula is C10H21NO2S. The molecule has 14 heavy (non-hydrogen) atoms. The lowest BCUT2D eigenvalue weighted by Crippen LogP contribution is -2.35. The van der Waals surface area contributed by atoms with Gasteiger partial charge in [0.15, 0.2) is 0 Å². The van der Waals surface area contributed by atoms with Gasteiger partial charge in [0.1, 0.15) is 9.84 Å². The Hall–Kier alpha value is -0.0900. The average molecular weight is 219 g/mol. The van der Waals surface area contributed by atoms with Crippen molar-refractivity contribution in [1.29, 1.82) is 0 Å². The maximum absolute atomic E-state index is 11.1. The van der Waals surface area contributed by atoms with Crippen LogP contribution in [-0.2, 0) is 9.84 Å². The smallest absolute Gasteiger partial charge is 0.148 e. The van der Waals surface area contributed by atoms with E-state index in [4.69, 9.17) is 0 Å². The Morgan fingerprint density at radius 1 is 1.43 bits per heavy atom. The van der Waals surface area contributed by atoms with E-state index in [-0.39, 0.29) is 11.8 Å². The van der Waals surface area contributed by atoms with Crippen molar-refractivity contribution in [2.75, 3.05) is 18.6 Å². The van der Waals surface area contributed by atoms with E-state index >= 15 is 0 Å². The van der Waals surface area contributed by atoms with Gasteiger partial charge in [-0.25, -0.2) is 8.42 Å². The Labute approximate surface area is 87.2 Å². The van der Waals surface area contributed by atoms with Crippen molar-refractivity contribution in [3.8, 4) is 0 Å². The quantitative estimate of drug-likeness (QED) is 0.700. The normalized spacial score (nSPS) is 19.6. The second-order valence-electron chi connectivity index (χ2n) is 4.37. The number of rotatable bonds is 7. The molecule has 1 fully saturated rings. The molecule has 0 aromatic heterocycles. The largest absolute Gasteiger partial charge is 0.313 e. The first-order valence-corrected chi connectivity index (χ1v) is 7.48. The third-order valence-electron chi connectivity index (χ3n) is 2.62. The summed E-state index contributed by atoms with van der Waals surface area (Å²) in [5, 5.41) is 3.24. The minimum atomic E-state index is -2.84. The zero-order valence-corrected chi connectivity index (χ0v) is 9.94. The Balaban J connectivity index is 2.28. The highest BCUT2D eigenvalue weighted by molar-refractivity contribution is 7.90. The van der Waals surface area contributed by atoms with Gasteiger partial charge in [0.05, 0.1) is 5.75 Å². The molecular weight excluding hydrogens is 198 g/mol. The van der Waals surface area contributed by atoms with Gasteiger partial charge < -0.3 is 5.32 Å². The Morgan fingerprint density at radius 3 is 2.50 bits per heavy atom. The van der Waals surface area contributed by atoms with Gasteiger partial charge in [-0.3, -0.25) is 0 Å². The molecule has 1 aliphatic rings. The van der Waals surface area contributed by atoms with E-state index in [1.807, 2.05) is 6.92 Å². The van der Waals surface area contributed by atoms with Gasteiger partial charge in [-0.05, 0) is 25.3 Å². The second-order valence-corrected chi connectivity index (χ2v) is 6.55. The van der Waals surface area contributed by atoms with E-state index in [0.717, 1.165) is 18.9 Å². The van der Waals surface area contributed by atoms with E-state index in [2.05, 4.69) is 5.32 Å². The summed E-state index contributed by atoms with van der Waals surface area (Å²) in [5.74, 6) is 1.17. The molecule has 0 aromatic carbocycles. The molecule has 1 rings (SSSR count). The first kappa shape index (κ1) is 12.0. The van der Waals surface area contributed by atoms with Crippen LogP contribution in [0, 0.1) is 5.92 Å². The molecule has 1 aliphatic carbocycles. The maximum Gasteiger partial charge on any atom is 0.148 e. The molecule has 1 N–H and O–H groups in total. The molecule has 1 atom stereocenters. The minimum absolute atomic E-state index is 0.163. The van der Waals surface area contributed by atoms with Crippen LogP contribution in [0.4, 0.5) is 0 Å². The van der Waals surface area contributed by atoms with E-state index in [9.17, 15) is 8.42 Å². The number of hydrogen-bond donors (Lipinski definition) is 1. The van der Waals surface area contributed by atoms with Crippen molar-refractivity contribution >= 4 is 9.84 Å². The summed E-state index contributed by atoms with van der Waals surface area (Å²) in [5.41, 5.74) is 0. The lowest BCUT2D eigenvalue weighted by atomic mass is 10.1. The highest BCUT2D eigenvalue weighted by Crippen LogP contribution is 2.33. The highest BCUT2D eigenvalue weighted by Gasteiger charge is 2.23. The monoisotopic (exact) mass is 219 g/mol. The van der Waals surface area contributed by atoms with Crippen LogP contribution in [0.5, 0.6) is 0 Å². The molecule has 0 aromatic rings. The number of hydrogen-bond acceptors (Lipinski definition) is 3. The van der Waals surface area contributed by atoms with Gasteiger partial charge >= 0.3 is 0 Å². The molecule has 0 saturated heterocycles. The fourth-order valence-corrected chi connectivity index (χ4v) is 2.76. The second kappa shape index (κ2) is 5.12. The van der Waals surface area contributed by atoms with Crippen LogP contribution in [0.1, 0.15) is 32.6 Å². The van der Waals surface area contributed by atoms with Gasteiger partial charge in [-0.15, -0.1) is 0 Å². The number of sulfone groups is 1. The Kier molecular flexibility index (Phi) is 4.38. The topological polar surface area (TPSA) is 46.2 Å². The van der Waals surface area contributed by atoms with Gasteiger partial charge in [0.2, 0.25) is 0 Å². The Morgan fingerprint density at radius 2 is 2.07 bits per heavy atom. The predicted molar refractivity (Wildman–Crippen MR) is 59.1 cm³/mol. The standard InChI is InChI=1S/C10H21NO2S/c1-3-11-10(8-14(2,12)13)7-6-9-4-5-9/h9-11H,3-8H2,1-2H3. The lowest BCUT2D eigenvalue weighted by molar-refractivity contribution is 0.490.